The first-order chi connectivity index (χ1) is 61.3. The van der Waals surface area contributed by atoms with Crippen LogP contribution < -0.4 is 100 Å². The third-order valence-corrected chi connectivity index (χ3v) is 21.4. The van der Waals surface area contributed by atoms with E-state index >= 15 is 4.39 Å². The van der Waals surface area contributed by atoms with Crippen LogP contribution in [0.2, 0.25) is 0 Å². The van der Waals surface area contributed by atoms with Gasteiger partial charge in [0.25, 0.3) is 11.7 Å². The third kappa shape index (κ3) is 28.1. The molecule has 2 fully saturated rings. The Kier molecular flexibility index (Phi) is 37.1. The number of amidine groups is 1. The fourth-order valence-corrected chi connectivity index (χ4v) is 14.5. The number of nitrogens with zero attached hydrogens (tertiary/aromatic N) is 7. The number of nitrogens with one attached hydrogen (secondary N) is 15. The number of guanidine groups is 1. The van der Waals surface area contributed by atoms with E-state index in [1.165, 1.54) is 52.6 Å². The number of aliphatic hydroxyl groups is 4. The number of amides is 15. The van der Waals surface area contributed by atoms with E-state index in [9.17, 15) is 128 Å². The zero-order chi connectivity index (χ0) is 94.6. The number of aliphatic hydroxyl groups excluding tert-OH is 4. The average molecular weight is 1810 g/mol. The molecule has 8 rings (SSSR count). The van der Waals surface area contributed by atoms with Gasteiger partial charge in [0.05, 0.1) is 48.6 Å². The third-order valence-electron chi connectivity index (χ3n) is 21.4. The number of anilines is 2. The average Bonchev–Trinajstić information content (AvgIpc) is 0.750. The summed E-state index contributed by atoms with van der Waals surface area (Å²) in [6.45, 7) is -0.497. The number of fused-ring (bicyclic) bond motifs is 5. The fourth-order valence-electron chi connectivity index (χ4n) is 14.5. The molecule has 0 saturated carbocycles. The van der Waals surface area contributed by atoms with Gasteiger partial charge in [-0.3, -0.25) is 97.5 Å². The van der Waals surface area contributed by atoms with Crippen molar-refractivity contribution in [2.45, 2.75) is 170 Å². The van der Waals surface area contributed by atoms with Crippen molar-refractivity contribution in [3.8, 4) is 11.5 Å². The quantitative estimate of drug-likeness (QED) is 0.00374. The molecule has 129 heavy (non-hydrogen) atoms. The molecule has 6 heterocycles. The van der Waals surface area contributed by atoms with Gasteiger partial charge in [-0.2, -0.15) is 0 Å². The zero-order valence-corrected chi connectivity index (χ0v) is 70.7. The maximum absolute atomic E-state index is 15.6. The van der Waals surface area contributed by atoms with Gasteiger partial charge in [0.15, 0.2) is 12.0 Å². The Morgan fingerprint density at radius 3 is 1.91 bits per heavy atom. The number of hydroxylamine groups is 4. The predicted molar refractivity (Wildman–Crippen MR) is 447 cm³/mol. The van der Waals surface area contributed by atoms with Crippen molar-refractivity contribution >= 4 is 147 Å². The number of aromatic carboxylic acids is 1. The van der Waals surface area contributed by atoms with E-state index in [1.807, 2.05) is 0 Å². The topological polar surface area (TPSA) is 729 Å². The van der Waals surface area contributed by atoms with Crippen molar-refractivity contribution in [3.63, 3.8) is 0 Å². The smallest absolute Gasteiger partial charge is 0.341 e. The molecule has 0 bridgehead atoms. The predicted octanol–water partition coefficient (Wildman–Crippen LogP) is -10.2. The molecule has 2 aromatic heterocycles. The molecule has 4 aliphatic rings. The number of piperazine rings is 1. The van der Waals surface area contributed by atoms with Crippen LogP contribution in [0.5, 0.6) is 11.5 Å². The van der Waals surface area contributed by atoms with Crippen LogP contribution in [0.25, 0.3) is 28.0 Å². The van der Waals surface area contributed by atoms with E-state index in [1.54, 1.807) is 4.90 Å². The molecular weight excluding hydrogens is 1710 g/mol. The molecule has 0 unspecified atom stereocenters. The van der Waals surface area contributed by atoms with Gasteiger partial charge in [-0.05, 0) is 95.9 Å². The standard InChI is InChI=1S/C79H108FN23O26/c1-40(108)64-76(124)86-18-5-4-9-47(69(117)91-50(12-8-24-102(129)39-107)72(120)96-65(41(2)109)77(125)97-64)90-70(118)49(11-7-23-101(128)38-106)93-73(121)53(36-104)94-71(119)48(10-6-19-87-79(81)82)92-74(122)54(37-105)95-75(123)55-17-20-85-68-52(31-43-32-58(110)59(111)34-56(43)103(55)68)88-62(114)14-13-60(112)83-21-22-84-61(113)15-16-63(115)100-27-25-99(26-28-100)57-33-51-42(30-46(57)80)29-44-66(116)45(78(126)127)35-98(3)67(44)89-51/h29-35,38-41,47-50,53-55,64-65,104-105,108-111,128-129H,4-28,36-37H2,1-3H3,(H,83,112)(H,84,113)(H,86,124)(H,88,114)(H,90,118)(H,91,117)(H,92,122)(H,93,121)(H,94,119)(H,95,123)(H,96,120)(H,97,125)(H,126,127)(H4,81,82,87)/t40-,41-,47+,48+,49+,50+,53-,54-,55+,64+,65+/m1/s1. The number of halogens is 1. The molecule has 0 aliphatic carbocycles. The molecular formula is C79H108FN23O26. The van der Waals surface area contributed by atoms with Crippen LogP contribution >= 0.6 is 0 Å². The Labute approximate surface area is 734 Å². The number of aromatic hydroxyl groups is 1. The van der Waals surface area contributed by atoms with Crippen molar-refractivity contribution in [2.75, 3.05) is 95.0 Å². The molecule has 11 atom stereocenters. The van der Waals surface area contributed by atoms with Gasteiger partial charge >= 0.3 is 5.97 Å². The largest absolute Gasteiger partial charge is 0.870 e. The van der Waals surface area contributed by atoms with Gasteiger partial charge in [-0.25, -0.2) is 29.2 Å². The summed E-state index contributed by atoms with van der Waals surface area (Å²) in [7, 11) is 1.53. The number of phenols is 1. The molecule has 4 aliphatic heterocycles. The molecule has 25 N–H and O–H groups in total. The van der Waals surface area contributed by atoms with E-state index in [-0.39, 0.29) is 210 Å². The summed E-state index contributed by atoms with van der Waals surface area (Å²) < 4.78 is 17.0. The van der Waals surface area contributed by atoms with E-state index < -0.39 is 217 Å². The number of aryl methyl sites for hydroxylation is 1. The van der Waals surface area contributed by atoms with Gasteiger partial charge in [-0.15, -0.1) is 0 Å². The minimum atomic E-state index is -2.01. The second-order valence-corrected chi connectivity index (χ2v) is 30.9. The van der Waals surface area contributed by atoms with Gasteiger partial charge in [0, 0.05) is 128 Å². The van der Waals surface area contributed by atoms with E-state index in [0.717, 1.165) is 25.3 Å². The summed E-state index contributed by atoms with van der Waals surface area (Å²) in [6.07, 6.45) is -3.86. The highest BCUT2D eigenvalue weighted by molar-refractivity contribution is 6.17. The Morgan fingerprint density at radius 1 is 0.698 bits per heavy atom. The van der Waals surface area contributed by atoms with Crippen LogP contribution in [0.3, 0.4) is 0 Å². The number of aromatic nitrogens is 2. The summed E-state index contributed by atoms with van der Waals surface area (Å²) in [5.41, 5.74) is 5.07. The second-order valence-electron chi connectivity index (χ2n) is 30.9. The lowest BCUT2D eigenvalue weighted by molar-refractivity contribution is -0.463. The van der Waals surface area contributed by atoms with Crippen LogP contribution in [-0.2, 0) is 79.0 Å². The van der Waals surface area contributed by atoms with E-state index in [4.69, 9.17) is 11.1 Å². The molecule has 4 aromatic rings. The minimum Gasteiger partial charge on any atom is -0.870 e. The normalized spacial score (nSPS) is 18.7. The number of phenolic OH excluding ortho intramolecular Hbond substituents is 1. The van der Waals surface area contributed by atoms with Crippen LogP contribution in [0, 0.1) is 11.2 Å². The first-order valence-electron chi connectivity index (χ1n) is 41.4. The summed E-state index contributed by atoms with van der Waals surface area (Å²) in [6, 6.07) is -9.40. The summed E-state index contributed by atoms with van der Waals surface area (Å²) in [4.78, 5) is 239. The zero-order valence-electron chi connectivity index (χ0n) is 70.7. The van der Waals surface area contributed by atoms with Crippen molar-refractivity contribution in [1.29, 1.82) is 5.41 Å². The lowest BCUT2D eigenvalue weighted by Crippen LogP contribution is -2.83. The lowest BCUT2D eigenvalue weighted by atomic mass is 9.98. The Morgan fingerprint density at radius 2 is 1.29 bits per heavy atom. The number of carboxylic acids is 1. The number of benzene rings is 2. The second kappa shape index (κ2) is 47.6. The maximum Gasteiger partial charge on any atom is 0.341 e. The van der Waals surface area contributed by atoms with E-state index in [2.05, 4.69) is 79.1 Å². The number of hydrogen-bond acceptors (Lipinski definition) is 29. The first-order valence-corrected chi connectivity index (χ1v) is 41.4. The number of rotatable bonds is 40. The van der Waals surface area contributed by atoms with Crippen molar-refractivity contribution in [3.05, 3.63) is 69.4 Å². The SMILES string of the molecule is C[C@@H](O)[C@@H]1NC(=O)[C@H](CCCN(O)C=O)NC(=O)[C@@H](NC(=O)[C@H](CCCN(O)C=O)NC(=O)[C@@H](CO)NC(=O)[C@H](CCCNC(=N)N)NC(=O)[C@@H](CO)NC(=O)[C@@H]2CC[NH+]=C3C(NC(=O)CCC(=O)NCCNC(=O)CCC(=O)N4CCN(c5cc6nc7c(cc6cc5F)c(=O)c(C(=O)O)cn7C)CC4)=Cc4cc([O-])c(O)cc4N32)CCCCNC(=O)[C@H]([C@@H](C)O)NC1=O. The molecule has 0 spiro atoms. The Bertz CT molecular complexity index is 4990. The summed E-state index contributed by atoms with van der Waals surface area (Å²) >= 11 is 0. The summed E-state index contributed by atoms with van der Waals surface area (Å²) in [5.74, 6) is -16.5. The van der Waals surface area contributed by atoms with Crippen molar-refractivity contribution in [2.24, 2.45) is 12.8 Å². The minimum absolute atomic E-state index is 0.00202. The van der Waals surface area contributed by atoms with Gasteiger partial charge < -0.3 is 125 Å². The fraction of sp³-hybridized carbons (Fsp3) is 0.519. The lowest BCUT2D eigenvalue weighted by Gasteiger charge is -2.36. The van der Waals surface area contributed by atoms with Gasteiger partial charge in [0.2, 0.25) is 89.1 Å². The molecule has 49 nitrogen and oxygen atoms in total. The van der Waals surface area contributed by atoms with Crippen LogP contribution in [0.15, 0.2) is 47.0 Å². The highest BCUT2D eigenvalue weighted by Gasteiger charge is 2.46. The molecule has 0 radical (unpaired) electrons. The van der Waals surface area contributed by atoms with E-state index in [0.29, 0.717) is 5.52 Å². The maximum atomic E-state index is 15.6. The monoisotopic (exact) mass is 1810 g/mol. The number of carboxylic acid groups (broad SMARTS) is 1. The van der Waals surface area contributed by atoms with Crippen molar-refractivity contribution in [1.82, 2.24) is 93.7 Å². The number of nitrogens with two attached hydrogens (primary N) is 1. The number of hydrogen-bond donors (Lipinski definition) is 24. The number of carbonyl (C=O) groups excluding carboxylic acids is 15. The molecule has 15 amide bonds. The molecule has 2 saturated heterocycles. The Hall–Kier alpha value is -13.9. The first kappa shape index (κ1) is 101. The highest BCUT2D eigenvalue weighted by atomic mass is 19.1. The molecule has 702 valence electrons. The van der Waals surface area contributed by atoms with Crippen LogP contribution in [0.1, 0.15) is 120 Å². The molecule has 2 aromatic carbocycles. The number of carbonyl (C=O) groups is 16. The van der Waals surface area contributed by atoms with Crippen molar-refractivity contribution < 1.29 is 132 Å². The summed E-state index contributed by atoms with van der Waals surface area (Å²) in [5, 5.41) is 136. The number of pyridine rings is 2. The van der Waals surface area contributed by atoms with Gasteiger partial charge in [-0.1, -0.05) is 11.8 Å². The van der Waals surface area contributed by atoms with Crippen LogP contribution in [0.4, 0.5) is 15.8 Å². The van der Waals surface area contributed by atoms with Crippen LogP contribution in [-0.4, -0.2) is 325 Å². The van der Waals surface area contributed by atoms with Gasteiger partial charge in [0.1, 0.15) is 82.5 Å². The Balaban J connectivity index is 0.860. The molecule has 50 heteroatoms. The highest BCUT2D eigenvalue weighted by Crippen LogP contribution is 2.38.